The molecule has 0 bridgehead atoms. The van der Waals surface area contributed by atoms with Crippen molar-refractivity contribution < 1.29 is 0 Å². The molecule has 2 heterocycles. The minimum absolute atomic E-state index is 0.449. The van der Waals surface area contributed by atoms with E-state index in [1.807, 2.05) is 7.05 Å². The average molecular weight is 183 g/mol. The Kier molecular flexibility index (Phi) is 1.62. The molecule has 0 fully saturated rings. The van der Waals surface area contributed by atoms with E-state index in [2.05, 4.69) is 15.4 Å². The van der Waals surface area contributed by atoms with Gasteiger partial charge in [-0.05, 0) is 0 Å². The first-order valence-electron chi connectivity index (χ1n) is 3.49. The highest BCUT2D eigenvalue weighted by molar-refractivity contribution is 6.29. The summed E-state index contributed by atoms with van der Waals surface area (Å²) in [5.74, 6) is 0. The predicted octanol–water partition coefficient (Wildman–Crippen LogP) is 1.42. The number of nitrogens with one attached hydrogen (secondary N) is 1. The lowest BCUT2D eigenvalue weighted by molar-refractivity contribution is 0.937. The number of imidazole rings is 1. The van der Waals surface area contributed by atoms with E-state index in [9.17, 15) is 0 Å². The van der Waals surface area contributed by atoms with Crippen molar-refractivity contribution in [1.29, 1.82) is 0 Å². The largest absolute Gasteiger partial charge is 0.385 e. The van der Waals surface area contributed by atoms with Crippen LogP contribution in [0.1, 0.15) is 0 Å². The Morgan fingerprint density at radius 1 is 1.58 bits per heavy atom. The first-order valence-corrected chi connectivity index (χ1v) is 3.86. The summed E-state index contributed by atoms with van der Waals surface area (Å²) in [6.07, 6.45) is 3.43. The zero-order valence-electron chi connectivity index (χ0n) is 6.45. The molecule has 2 rings (SSSR count). The van der Waals surface area contributed by atoms with Gasteiger partial charge in [-0.25, -0.2) is 9.50 Å². The molecule has 0 saturated carbocycles. The maximum atomic E-state index is 5.76. The third kappa shape index (κ3) is 1.00. The van der Waals surface area contributed by atoms with Crippen LogP contribution in [0.15, 0.2) is 18.5 Å². The van der Waals surface area contributed by atoms with E-state index in [4.69, 9.17) is 11.6 Å². The van der Waals surface area contributed by atoms with Crippen molar-refractivity contribution in [3.05, 3.63) is 23.6 Å². The summed E-state index contributed by atoms with van der Waals surface area (Å²) < 4.78 is 1.63. The molecule has 62 valence electrons. The van der Waals surface area contributed by atoms with Crippen LogP contribution < -0.4 is 5.32 Å². The monoisotopic (exact) mass is 182 g/mol. The van der Waals surface area contributed by atoms with Crippen LogP contribution in [0.4, 0.5) is 5.69 Å². The SMILES string of the molecule is CNc1cc(Cl)nn2ccnc12. The molecule has 0 radical (unpaired) electrons. The van der Waals surface area contributed by atoms with Crippen molar-refractivity contribution in [3.63, 3.8) is 0 Å². The van der Waals surface area contributed by atoms with Gasteiger partial charge in [0.2, 0.25) is 0 Å². The molecule has 0 aliphatic carbocycles. The minimum Gasteiger partial charge on any atom is -0.385 e. The van der Waals surface area contributed by atoms with Crippen molar-refractivity contribution in [2.24, 2.45) is 0 Å². The van der Waals surface area contributed by atoms with E-state index in [1.165, 1.54) is 0 Å². The van der Waals surface area contributed by atoms with E-state index >= 15 is 0 Å². The number of aromatic nitrogens is 3. The Bertz CT molecular complexity index is 409. The molecule has 0 atom stereocenters. The molecule has 0 saturated heterocycles. The first-order chi connectivity index (χ1) is 5.81. The zero-order chi connectivity index (χ0) is 8.55. The van der Waals surface area contributed by atoms with Crippen LogP contribution in [0.25, 0.3) is 5.65 Å². The smallest absolute Gasteiger partial charge is 0.177 e. The quantitative estimate of drug-likeness (QED) is 0.726. The van der Waals surface area contributed by atoms with Gasteiger partial charge in [-0.2, -0.15) is 5.10 Å². The Balaban J connectivity index is 2.80. The highest BCUT2D eigenvalue weighted by atomic mass is 35.5. The molecule has 2 aromatic rings. The second-order valence-corrected chi connectivity index (χ2v) is 2.71. The molecular weight excluding hydrogens is 176 g/mol. The van der Waals surface area contributed by atoms with Gasteiger partial charge in [0.15, 0.2) is 10.8 Å². The molecule has 0 aliphatic heterocycles. The van der Waals surface area contributed by atoms with E-state index in [1.54, 1.807) is 23.0 Å². The number of halogens is 1. The average Bonchev–Trinajstić information content (AvgIpc) is 2.50. The molecule has 12 heavy (non-hydrogen) atoms. The molecule has 0 aliphatic rings. The van der Waals surface area contributed by atoms with Crippen molar-refractivity contribution in [1.82, 2.24) is 14.6 Å². The fraction of sp³-hybridized carbons (Fsp3) is 0.143. The van der Waals surface area contributed by atoms with Crippen LogP contribution >= 0.6 is 11.6 Å². The van der Waals surface area contributed by atoms with Crippen molar-refractivity contribution in [2.75, 3.05) is 12.4 Å². The predicted molar refractivity (Wildman–Crippen MR) is 47.5 cm³/mol. The molecule has 0 unspecified atom stereocenters. The Labute approximate surface area is 74.2 Å². The molecule has 5 heteroatoms. The number of rotatable bonds is 1. The fourth-order valence-electron chi connectivity index (χ4n) is 1.07. The highest BCUT2D eigenvalue weighted by Gasteiger charge is 2.02. The number of hydrogen-bond donors (Lipinski definition) is 1. The maximum absolute atomic E-state index is 5.76. The third-order valence-electron chi connectivity index (χ3n) is 1.60. The van der Waals surface area contributed by atoms with Crippen molar-refractivity contribution >= 4 is 22.9 Å². The summed E-state index contributed by atoms with van der Waals surface area (Å²) in [6, 6.07) is 1.74. The summed E-state index contributed by atoms with van der Waals surface area (Å²) in [7, 11) is 1.82. The molecule has 1 N–H and O–H groups in total. The van der Waals surface area contributed by atoms with Crippen molar-refractivity contribution in [2.45, 2.75) is 0 Å². The van der Waals surface area contributed by atoms with Gasteiger partial charge in [-0.15, -0.1) is 0 Å². The van der Waals surface area contributed by atoms with Crippen LogP contribution in [0, 0.1) is 0 Å². The van der Waals surface area contributed by atoms with Crippen LogP contribution in [0.3, 0.4) is 0 Å². The standard InChI is InChI=1S/C7H7ClN4/c1-9-5-4-6(8)11-12-3-2-10-7(5)12/h2-4,9H,1H3. The van der Waals surface area contributed by atoms with E-state index in [0.29, 0.717) is 5.15 Å². The Morgan fingerprint density at radius 2 is 2.42 bits per heavy atom. The first kappa shape index (κ1) is 7.36. The molecule has 0 spiro atoms. The number of hydrogen-bond acceptors (Lipinski definition) is 3. The summed E-state index contributed by atoms with van der Waals surface area (Å²) in [4.78, 5) is 4.11. The second kappa shape index (κ2) is 2.64. The van der Waals surface area contributed by atoms with Crippen LogP contribution in [0.5, 0.6) is 0 Å². The van der Waals surface area contributed by atoms with Gasteiger partial charge in [-0.1, -0.05) is 11.6 Å². The number of nitrogens with zero attached hydrogens (tertiary/aromatic N) is 3. The van der Waals surface area contributed by atoms with Crippen LogP contribution in [0.2, 0.25) is 5.15 Å². The summed E-state index contributed by atoms with van der Waals surface area (Å²) in [6.45, 7) is 0. The normalized spacial score (nSPS) is 10.5. The second-order valence-electron chi connectivity index (χ2n) is 2.33. The lowest BCUT2D eigenvalue weighted by Crippen LogP contribution is -1.97. The van der Waals surface area contributed by atoms with Gasteiger partial charge in [0.05, 0.1) is 5.69 Å². The summed E-state index contributed by atoms with van der Waals surface area (Å²) in [5, 5.41) is 7.46. The van der Waals surface area contributed by atoms with Gasteiger partial charge in [0.25, 0.3) is 0 Å². The van der Waals surface area contributed by atoms with Crippen LogP contribution in [-0.4, -0.2) is 21.6 Å². The highest BCUT2D eigenvalue weighted by Crippen LogP contribution is 2.17. The van der Waals surface area contributed by atoms with Crippen molar-refractivity contribution in [3.8, 4) is 0 Å². The minimum atomic E-state index is 0.449. The van der Waals surface area contributed by atoms with E-state index in [0.717, 1.165) is 11.3 Å². The maximum Gasteiger partial charge on any atom is 0.177 e. The summed E-state index contributed by atoms with van der Waals surface area (Å²) in [5.41, 5.74) is 1.65. The van der Waals surface area contributed by atoms with E-state index in [-0.39, 0.29) is 0 Å². The van der Waals surface area contributed by atoms with Gasteiger partial charge >= 0.3 is 0 Å². The third-order valence-corrected chi connectivity index (χ3v) is 1.78. The topological polar surface area (TPSA) is 42.2 Å². The van der Waals surface area contributed by atoms with Gasteiger partial charge in [0.1, 0.15) is 0 Å². The molecule has 4 nitrogen and oxygen atoms in total. The van der Waals surface area contributed by atoms with Gasteiger partial charge in [0, 0.05) is 25.5 Å². The van der Waals surface area contributed by atoms with Crippen LogP contribution in [-0.2, 0) is 0 Å². The molecule has 0 amide bonds. The zero-order valence-corrected chi connectivity index (χ0v) is 7.21. The summed E-state index contributed by atoms with van der Waals surface area (Å²) >= 11 is 5.76. The molecular formula is C7H7ClN4. The molecule has 2 aromatic heterocycles. The Hall–Kier alpha value is -1.29. The number of fused-ring (bicyclic) bond motifs is 1. The lowest BCUT2D eigenvalue weighted by atomic mass is 10.4. The Morgan fingerprint density at radius 3 is 3.17 bits per heavy atom. The lowest BCUT2D eigenvalue weighted by Gasteiger charge is -2.01. The fourth-order valence-corrected chi connectivity index (χ4v) is 1.26. The van der Waals surface area contributed by atoms with Gasteiger partial charge in [-0.3, -0.25) is 0 Å². The van der Waals surface area contributed by atoms with E-state index < -0.39 is 0 Å². The number of anilines is 1. The molecule has 0 aromatic carbocycles. The van der Waals surface area contributed by atoms with Gasteiger partial charge < -0.3 is 5.32 Å².